The smallest absolute Gasteiger partial charge is 0.226 e. The average Bonchev–Trinajstić information content (AvgIpc) is 2.46. The first-order valence-corrected chi connectivity index (χ1v) is 6.39. The summed E-state index contributed by atoms with van der Waals surface area (Å²) < 4.78 is 5.49. The third-order valence-corrected chi connectivity index (χ3v) is 2.54. The van der Waals surface area contributed by atoms with Gasteiger partial charge in [-0.1, -0.05) is 6.07 Å². The highest BCUT2D eigenvalue weighted by atomic mass is 16.5. The third-order valence-electron chi connectivity index (χ3n) is 2.54. The van der Waals surface area contributed by atoms with Crippen molar-refractivity contribution in [1.82, 2.24) is 9.97 Å². The van der Waals surface area contributed by atoms with Crippen LogP contribution >= 0.6 is 0 Å². The summed E-state index contributed by atoms with van der Waals surface area (Å²) in [6.07, 6.45) is 1.72. The molecule has 0 bridgehead atoms. The van der Waals surface area contributed by atoms with E-state index in [0.29, 0.717) is 19.1 Å². The number of hydrogen-bond acceptors (Lipinski definition) is 6. The Balaban J connectivity index is 2.11. The summed E-state index contributed by atoms with van der Waals surface area (Å²) >= 11 is 0. The second-order valence-corrected chi connectivity index (χ2v) is 4.43. The topological polar surface area (TPSA) is 76.3 Å². The summed E-state index contributed by atoms with van der Waals surface area (Å²) in [5.74, 6) is 2.17. The normalized spacial score (nSPS) is 10.2. The largest absolute Gasteiger partial charge is 0.492 e. The van der Waals surface area contributed by atoms with E-state index in [1.165, 1.54) is 0 Å². The lowest BCUT2D eigenvalue weighted by Crippen LogP contribution is -2.13. The molecule has 6 nitrogen and oxygen atoms in total. The van der Waals surface area contributed by atoms with Gasteiger partial charge in [0.15, 0.2) is 0 Å². The van der Waals surface area contributed by atoms with Gasteiger partial charge < -0.3 is 20.7 Å². The van der Waals surface area contributed by atoms with E-state index >= 15 is 0 Å². The summed E-state index contributed by atoms with van der Waals surface area (Å²) in [7, 11) is 3.81. The quantitative estimate of drug-likeness (QED) is 0.833. The molecule has 0 saturated carbocycles. The first-order valence-electron chi connectivity index (χ1n) is 6.39. The number of anilines is 3. The molecule has 1 aromatic heterocycles. The van der Waals surface area contributed by atoms with E-state index in [4.69, 9.17) is 10.5 Å². The maximum Gasteiger partial charge on any atom is 0.226 e. The fraction of sp³-hybridized carbons (Fsp3) is 0.286. The van der Waals surface area contributed by atoms with Crippen LogP contribution in [0.3, 0.4) is 0 Å². The van der Waals surface area contributed by atoms with Crippen molar-refractivity contribution < 1.29 is 4.74 Å². The van der Waals surface area contributed by atoms with Crippen LogP contribution in [0.2, 0.25) is 0 Å². The molecule has 0 aliphatic heterocycles. The van der Waals surface area contributed by atoms with E-state index in [0.717, 1.165) is 17.3 Å². The molecule has 106 valence electrons. The van der Waals surface area contributed by atoms with Gasteiger partial charge in [-0.3, -0.25) is 0 Å². The maximum atomic E-state index is 5.49. The molecule has 0 fully saturated rings. The molecule has 0 spiro atoms. The third kappa shape index (κ3) is 3.83. The minimum absolute atomic E-state index is 0.496. The molecule has 1 heterocycles. The van der Waals surface area contributed by atoms with Gasteiger partial charge >= 0.3 is 0 Å². The van der Waals surface area contributed by atoms with Crippen LogP contribution in [0.1, 0.15) is 0 Å². The molecule has 0 saturated heterocycles. The Morgan fingerprint density at radius 3 is 2.90 bits per heavy atom. The Bertz CT molecular complexity index is 559. The summed E-state index contributed by atoms with van der Waals surface area (Å²) in [5, 5.41) is 3.23. The number of ether oxygens (including phenoxy) is 1. The van der Waals surface area contributed by atoms with Crippen LogP contribution in [0.15, 0.2) is 36.5 Å². The summed E-state index contributed by atoms with van der Waals surface area (Å²) in [5.41, 5.74) is 6.33. The molecule has 20 heavy (non-hydrogen) atoms. The van der Waals surface area contributed by atoms with Gasteiger partial charge in [0.05, 0.1) is 0 Å². The van der Waals surface area contributed by atoms with Crippen molar-refractivity contribution in [2.45, 2.75) is 0 Å². The number of nitrogens with one attached hydrogen (secondary N) is 1. The number of nitrogens with two attached hydrogens (primary N) is 1. The van der Waals surface area contributed by atoms with E-state index < -0.39 is 0 Å². The molecule has 0 aliphatic rings. The Hall–Kier alpha value is -2.34. The molecule has 2 rings (SSSR count). The number of aromatic nitrogens is 2. The zero-order valence-corrected chi connectivity index (χ0v) is 11.7. The van der Waals surface area contributed by atoms with Crippen molar-refractivity contribution in [3.63, 3.8) is 0 Å². The second-order valence-electron chi connectivity index (χ2n) is 4.43. The predicted octanol–water partition coefficient (Wildman–Crippen LogP) is 1.62. The minimum Gasteiger partial charge on any atom is -0.492 e. The lowest BCUT2D eigenvalue weighted by molar-refractivity contribution is 0.328. The Kier molecular flexibility index (Phi) is 4.73. The predicted molar refractivity (Wildman–Crippen MR) is 80.6 cm³/mol. The lowest BCUT2D eigenvalue weighted by atomic mass is 10.3. The summed E-state index contributed by atoms with van der Waals surface area (Å²) in [6, 6.07) is 9.49. The van der Waals surface area contributed by atoms with E-state index in [1.807, 2.05) is 49.3 Å². The van der Waals surface area contributed by atoms with Crippen LogP contribution in [0.5, 0.6) is 5.75 Å². The molecular weight excluding hydrogens is 254 g/mol. The van der Waals surface area contributed by atoms with E-state index in [-0.39, 0.29) is 0 Å². The van der Waals surface area contributed by atoms with Gasteiger partial charge in [-0.25, -0.2) is 4.98 Å². The molecule has 6 heteroatoms. The fourth-order valence-corrected chi connectivity index (χ4v) is 1.62. The number of benzene rings is 1. The fourth-order valence-electron chi connectivity index (χ4n) is 1.62. The number of rotatable bonds is 6. The summed E-state index contributed by atoms with van der Waals surface area (Å²) in [6.45, 7) is 0.998. The van der Waals surface area contributed by atoms with Gasteiger partial charge in [-0.2, -0.15) is 4.98 Å². The van der Waals surface area contributed by atoms with Crippen LogP contribution in [0.25, 0.3) is 0 Å². The molecule has 0 amide bonds. The summed E-state index contributed by atoms with van der Waals surface area (Å²) in [4.78, 5) is 10.4. The minimum atomic E-state index is 0.496. The van der Waals surface area contributed by atoms with Crippen LogP contribution in [0, 0.1) is 0 Å². The van der Waals surface area contributed by atoms with Gasteiger partial charge in [0.2, 0.25) is 5.95 Å². The van der Waals surface area contributed by atoms with Crippen molar-refractivity contribution in [2.24, 2.45) is 5.73 Å². The molecule has 0 aliphatic carbocycles. The molecule has 3 N–H and O–H groups in total. The molecular formula is C14H19N5O. The number of hydrogen-bond donors (Lipinski definition) is 2. The first-order chi connectivity index (χ1) is 9.69. The van der Waals surface area contributed by atoms with Crippen LogP contribution in [-0.4, -0.2) is 37.2 Å². The highest BCUT2D eigenvalue weighted by molar-refractivity contribution is 5.58. The van der Waals surface area contributed by atoms with E-state index in [9.17, 15) is 0 Å². The van der Waals surface area contributed by atoms with Crippen LogP contribution in [0.4, 0.5) is 17.5 Å². The van der Waals surface area contributed by atoms with Crippen LogP contribution < -0.4 is 20.7 Å². The standard InChI is InChI=1S/C14H19N5O/c1-19(2)14-16-8-6-13(18-14)17-11-4-3-5-12(10-11)20-9-7-15/h3-6,8,10H,7,9,15H2,1-2H3,(H,16,17,18). The van der Waals surface area contributed by atoms with Crippen molar-refractivity contribution in [2.75, 3.05) is 37.5 Å². The zero-order valence-electron chi connectivity index (χ0n) is 11.7. The monoisotopic (exact) mass is 273 g/mol. The molecule has 0 radical (unpaired) electrons. The highest BCUT2D eigenvalue weighted by Gasteiger charge is 2.02. The molecule has 1 aromatic carbocycles. The maximum absolute atomic E-state index is 5.49. The van der Waals surface area contributed by atoms with E-state index in [2.05, 4.69) is 15.3 Å². The van der Waals surface area contributed by atoms with Crippen LogP contribution in [-0.2, 0) is 0 Å². The van der Waals surface area contributed by atoms with Crippen molar-refractivity contribution in [1.29, 1.82) is 0 Å². The van der Waals surface area contributed by atoms with Crippen molar-refractivity contribution in [3.05, 3.63) is 36.5 Å². The Morgan fingerprint density at radius 1 is 1.30 bits per heavy atom. The average molecular weight is 273 g/mol. The van der Waals surface area contributed by atoms with E-state index in [1.54, 1.807) is 6.20 Å². The SMILES string of the molecule is CN(C)c1nccc(Nc2cccc(OCCN)c2)n1. The Morgan fingerprint density at radius 2 is 2.15 bits per heavy atom. The van der Waals surface area contributed by atoms with Crippen molar-refractivity contribution >= 4 is 17.5 Å². The highest BCUT2D eigenvalue weighted by Crippen LogP contribution is 2.21. The van der Waals surface area contributed by atoms with Gasteiger partial charge in [-0.05, 0) is 18.2 Å². The lowest BCUT2D eigenvalue weighted by Gasteiger charge is -2.12. The first kappa shape index (κ1) is 14.1. The molecule has 2 aromatic rings. The van der Waals surface area contributed by atoms with Gasteiger partial charge in [-0.15, -0.1) is 0 Å². The number of nitrogens with zero attached hydrogens (tertiary/aromatic N) is 3. The molecule has 0 unspecified atom stereocenters. The van der Waals surface area contributed by atoms with Gasteiger partial charge in [0, 0.05) is 38.6 Å². The van der Waals surface area contributed by atoms with Crippen molar-refractivity contribution in [3.8, 4) is 5.75 Å². The molecule has 0 atom stereocenters. The second kappa shape index (κ2) is 6.72. The van der Waals surface area contributed by atoms with Gasteiger partial charge in [0.25, 0.3) is 0 Å². The Labute approximate surface area is 118 Å². The van der Waals surface area contributed by atoms with Gasteiger partial charge in [0.1, 0.15) is 18.2 Å². The zero-order chi connectivity index (χ0) is 14.4.